The lowest BCUT2D eigenvalue weighted by molar-refractivity contribution is -0.117. The van der Waals surface area contributed by atoms with Gasteiger partial charge >= 0.3 is 0 Å². The Kier molecular flexibility index (Phi) is 2.13. The summed E-state index contributed by atoms with van der Waals surface area (Å²) in [6, 6.07) is 4.65. The summed E-state index contributed by atoms with van der Waals surface area (Å²) in [4.78, 5) is 14.8. The number of benzene rings is 1. The molecule has 2 N–H and O–H groups in total. The minimum atomic E-state index is -0.172. The van der Waals surface area contributed by atoms with Crippen LogP contribution in [0, 0.1) is 0 Å². The van der Waals surface area contributed by atoms with Crippen LogP contribution in [0.3, 0.4) is 0 Å². The zero-order valence-electron chi connectivity index (χ0n) is 7.12. The van der Waals surface area contributed by atoms with E-state index in [-0.39, 0.29) is 18.2 Å². The first kappa shape index (κ1) is 9.02. The fourth-order valence-electron chi connectivity index (χ4n) is 1.22. The standard InChI is InChI=1S/C9H7ClN2O2/c10-5-1-2-6(7(13)3-5)9-11-4-8(14)12-9/h1-3,13H,4H2,(H,11,12,14). The number of rotatable bonds is 1. The van der Waals surface area contributed by atoms with Gasteiger partial charge in [0, 0.05) is 5.02 Å². The van der Waals surface area contributed by atoms with E-state index in [1.54, 1.807) is 12.1 Å². The molecule has 0 aromatic heterocycles. The average Bonchev–Trinajstić information content (AvgIpc) is 2.51. The summed E-state index contributed by atoms with van der Waals surface area (Å²) in [6.07, 6.45) is 0. The minimum Gasteiger partial charge on any atom is -0.507 e. The van der Waals surface area contributed by atoms with Gasteiger partial charge in [0.15, 0.2) is 0 Å². The SMILES string of the molecule is O=C1CN=C(c2ccc(Cl)cc2O)N1. The number of hydrogen-bond acceptors (Lipinski definition) is 3. The van der Waals surface area contributed by atoms with Crippen LogP contribution in [0.1, 0.15) is 5.56 Å². The third-order valence-corrected chi connectivity index (χ3v) is 2.09. The van der Waals surface area contributed by atoms with Gasteiger partial charge in [-0.1, -0.05) is 11.6 Å². The number of phenolic OH excluding ortho intramolecular Hbond substituents is 1. The molecule has 2 rings (SSSR count). The normalized spacial score (nSPS) is 15.2. The second-order valence-corrected chi connectivity index (χ2v) is 3.31. The second kappa shape index (κ2) is 3.31. The molecule has 1 aliphatic rings. The van der Waals surface area contributed by atoms with Gasteiger partial charge in [0.1, 0.15) is 18.1 Å². The zero-order chi connectivity index (χ0) is 10.1. The highest BCUT2D eigenvalue weighted by molar-refractivity contribution is 6.31. The Balaban J connectivity index is 2.38. The van der Waals surface area contributed by atoms with E-state index < -0.39 is 0 Å². The maximum Gasteiger partial charge on any atom is 0.247 e. The van der Waals surface area contributed by atoms with Crippen molar-refractivity contribution in [2.45, 2.75) is 0 Å². The first-order valence-electron chi connectivity index (χ1n) is 4.00. The average molecular weight is 211 g/mol. The molecule has 1 aliphatic heterocycles. The number of aliphatic imine (C=N–C) groups is 1. The molecular weight excluding hydrogens is 204 g/mol. The molecule has 0 spiro atoms. The number of amides is 1. The van der Waals surface area contributed by atoms with E-state index in [9.17, 15) is 9.90 Å². The van der Waals surface area contributed by atoms with Gasteiger partial charge in [-0.25, -0.2) is 0 Å². The molecule has 0 saturated heterocycles. The fourth-order valence-corrected chi connectivity index (χ4v) is 1.39. The Bertz CT molecular complexity index is 429. The van der Waals surface area contributed by atoms with E-state index in [2.05, 4.69) is 10.3 Å². The van der Waals surface area contributed by atoms with Crippen molar-refractivity contribution in [3.05, 3.63) is 28.8 Å². The van der Waals surface area contributed by atoms with E-state index in [1.807, 2.05) is 0 Å². The Labute approximate surface area is 85.2 Å². The van der Waals surface area contributed by atoms with Gasteiger partial charge in [0.2, 0.25) is 5.91 Å². The number of nitrogens with one attached hydrogen (secondary N) is 1. The van der Waals surface area contributed by atoms with Crippen molar-refractivity contribution in [1.82, 2.24) is 5.32 Å². The van der Waals surface area contributed by atoms with E-state index in [0.717, 1.165) is 0 Å². The monoisotopic (exact) mass is 210 g/mol. The molecule has 5 heteroatoms. The van der Waals surface area contributed by atoms with E-state index in [0.29, 0.717) is 16.4 Å². The summed E-state index contributed by atoms with van der Waals surface area (Å²) < 4.78 is 0. The van der Waals surface area contributed by atoms with Crippen molar-refractivity contribution < 1.29 is 9.90 Å². The van der Waals surface area contributed by atoms with Crippen LogP contribution in [0.2, 0.25) is 5.02 Å². The zero-order valence-corrected chi connectivity index (χ0v) is 7.88. The number of hydrogen-bond donors (Lipinski definition) is 2. The van der Waals surface area contributed by atoms with Gasteiger partial charge < -0.3 is 10.4 Å². The van der Waals surface area contributed by atoms with Crippen molar-refractivity contribution in [3.8, 4) is 5.75 Å². The van der Waals surface area contributed by atoms with Gasteiger partial charge in [-0.15, -0.1) is 0 Å². The quantitative estimate of drug-likeness (QED) is 0.724. The molecule has 1 aromatic rings. The maximum absolute atomic E-state index is 10.9. The highest BCUT2D eigenvalue weighted by atomic mass is 35.5. The van der Waals surface area contributed by atoms with E-state index in [4.69, 9.17) is 11.6 Å². The summed E-state index contributed by atoms with van der Waals surface area (Å²) in [5.74, 6) is 0.233. The second-order valence-electron chi connectivity index (χ2n) is 2.87. The summed E-state index contributed by atoms with van der Waals surface area (Å²) in [5, 5.41) is 12.5. The van der Waals surface area contributed by atoms with Crippen molar-refractivity contribution in [1.29, 1.82) is 0 Å². The molecule has 0 aliphatic carbocycles. The van der Waals surface area contributed by atoms with Crippen LogP contribution < -0.4 is 5.32 Å². The Morgan fingerprint density at radius 1 is 1.50 bits per heavy atom. The molecule has 1 aromatic carbocycles. The Hall–Kier alpha value is -1.55. The van der Waals surface area contributed by atoms with Crippen LogP contribution >= 0.6 is 11.6 Å². The first-order chi connectivity index (χ1) is 6.66. The van der Waals surface area contributed by atoms with Crippen molar-refractivity contribution >= 4 is 23.3 Å². The molecule has 0 saturated carbocycles. The molecule has 0 radical (unpaired) electrons. The summed E-state index contributed by atoms with van der Waals surface area (Å²) in [6.45, 7) is 0.109. The fraction of sp³-hybridized carbons (Fsp3) is 0.111. The van der Waals surface area contributed by atoms with Crippen LogP contribution in [0.25, 0.3) is 0 Å². The number of halogens is 1. The number of carbonyl (C=O) groups is 1. The number of aromatic hydroxyl groups is 1. The van der Waals surface area contributed by atoms with Crippen molar-refractivity contribution in [2.24, 2.45) is 4.99 Å². The van der Waals surface area contributed by atoms with Crippen LogP contribution in [0.5, 0.6) is 5.75 Å². The molecule has 0 bridgehead atoms. The van der Waals surface area contributed by atoms with Gasteiger partial charge in [0.05, 0.1) is 5.56 Å². The molecule has 0 atom stereocenters. The summed E-state index contributed by atoms with van der Waals surface area (Å²) in [7, 11) is 0. The van der Waals surface area contributed by atoms with Crippen molar-refractivity contribution in [3.63, 3.8) is 0 Å². The molecule has 1 heterocycles. The first-order valence-corrected chi connectivity index (χ1v) is 4.38. The highest BCUT2D eigenvalue weighted by Gasteiger charge is 2.17. The largest absolute Gasteiger partial charge is 0.507 e. The molecule has 0 fully saturated rings. The van der Waals surface area contributed by atoms with E-state index in [1.165, 1.54) is 6.07 Å². The Morgan fingerprint density at radius 2 is 2.29 bits per heavy atom. The van der Waals surface area contributed by atoms with Gasteiger partial charge in [-0.3, -0.25) is 9.79 Å². The number of phenols is 1. The smallest absolute Gasteiger partial charge is 0.247 e. The molecule has 4 nitrogen and oxygen atoms in total. The third kappa shape index (κ3) is 1.56. The lowest BCUT2D eigenvalue weighted by Crippen LogP contribution is -2.25. The maximum atomic E-state index is 10.9. The lowest BCUT2D eigenvalue weighted by Gasteiger charge is -2.04. The summed E-state index contributed by atoms with van der Waals surface area (Å²) in [5.41, 5.74) is 0.486. The summed E-state index contributed by atoms with van der Waals surface area (Å²) >= 11 is 5.67. The van der Waals surface area contributed by atoms with Crippen LogP contribution in [-0.4, -0.2) is 23.4 Å². The topological polar surface area (TPSA) is 61.7 Å². The van der Waals surface area contributed by atoms with Gasteiger partial charge in [-0.05, 0) is 18.2 Å². The molecular formula is C9H7ClN2O2. The van der Waals surface area contributed by atoms with Crippen LogP contribution in [-0.2, 0) is 4.79 Å². The third-order valence-electron chi connectivity index (χ3n) is 1.85. The van der Waals surface area contributed by atoms with E-state index >= 15 is 0 Å². The predicted molar refractivity (Wildman–Crippen MR) is 52.7 cm³/mol. The minimum absolute atomic E-state index is 0.0125. The predicted octanol–water partition coefficient (Wildman–Crippen LogP) is 0.922. The number of nitrogens with zero attached hydrogens (tertiary/aromatic N) is 1. The Morgan fingerprint density at radius 3 is 2.86 bits per heavy atom. The number of amidine groups is 1. The van der Waals surface area contributed by atoms with Crippen LogP contribution in [0.4, 0.5) is 0 Å². The van der Waals surface area contributed by atoms with Crippen molar-refractivity contribution in [2.75, 3.05) is 6.54 Å². The number of carbonyl (C=O) groups excluding carboxylic acids is 1. The molecule has 72 valence electrons. The molecule has 14 heavy (non-hydrogen) atoms. The van der Waals surface area contributed by atoms with Gasteiger partial charge in [-0.2, -0.15) is 0 Å². The lowest BCUT2D eigenvalue weighted by atomic mass is 10.2. The molecule has 1 amide bonds. The van der Waals surface area contributed by atoms with Crippen LogP contribution in [0.15, 0.2) is 23.2 Å². The highest BCUT2D eigenvalue weighted by Crippen LogP contribution is 2.22. The molecule has 0 unspecified atom stereocenters. The van der Waals surface area contributed by atoms with Gasteiger partial charge in [0.25, 0.3) is 0 Å².